The van der Waals surface area contributed by atoms with Gasteiger partial charge < -0.3 is 19.9 Å². The van der Waals surface area contributed by atoms with E-state index in [1.54, 1.807) is 0 Å². The molecule has 0 radical (unpaired) electrons. The van der Waals surface area contributed by atoms with Crippen LogP contribution in [0.25, 0.3) is 0 Å². The summed E-state index contributed by atoms with van der Waals surface area (Å²) in [7, 11) is 0. The van der Waals surface area contributed by atoms with Gasteiger partial charge in [0.25, 0.3) is 5.96 Å². The molecule has 7 heteroatoms. The van der Waals surface area contributed by atoms with Crippen molar-refractivity contribution >= 4 is 11.9 Å². The van der Waals surface area contributed by atoms with Crippen LogP contribution in [0.3, 0.4) is 0 Å². The highest BCUT2D eigenvalue weighted by molar-refractivity contribution is 5.81. The third kappa shape index (κ3) is 11.2. The molecule has 39 heavy (non-hydrogen) atoms. The molecule has 0 rings (SSSR count). The minimum absolute atomic E-state index is 0.351. The van der Waals surface area contributed by atoms with E-state index in [1.165, 1.54) is 0 Å². The van der Waals surface area contributed by atoms with E-state index < -0.39 is 0 Å². The van der Waals surface area contributed by atoms with E-state index in [0.717, 1.165) is 55.5 Å². The number of nitrogens with zero attached hydrogens (tertiary/aromatic N) is 5. The lowest BCUT2D eigenvalue weighted by molar-refractivity contribution is -0.907. The molecule has 0 aliphatic rings. The third-order valence-electron chi connectivity index (χ3n) is 7.44. The Bertz CT molecular complexity index is 638. The molecule has 0 atom stereocenters. The molecule has 0 aromatic carbocycles. The number of nitrogens with one attached hydrogen (secondary N) is 1. The van der Waals surface area contributed by atoms with Crippen LogP contribution in [0.15, 0.2) is 9.98 Å². The van der Waals surface area contributed by atoms with Crippen LogP contribution in [0.1, 0.15) is 124 Å². The van der Waals surface area contributed by atoms with Gasteiger partial charge in [-0.1, -0.05) is 0 Å². The third-order valence-corrected chi connectivity index (χ3v) is 7.44. The molecular weight excluding hydrogens is 484 g/mol. The van der Waals surface area contributed by atoms with Gasteiger partial charge in [-0.15, -0.1) is 0 Å². The van der Waals surface area contributed by atoms with E-state index in [-0.39, 0.29) is 0 Å². The Morgan fingerprint density at radius 3 is 1.26 bits per heavy atom. The fourth-order valence-corrected chi connectivity index (χ4v) is 6.27. The largest absolute Gasteiger partial charge is 0.381 e. The second-order valence-corrected chi connectivity index (χ2v) is 13.3. The maximum atomic E-state index is 6.03. The molecule has 0 saturated heterocycles. The van der Waals surface area contributed by atoms with Crippen molar-refractivity contribution in [3.8, 4) is 0 Å². The molecule has 0 bridgehead atoms. The van der Waals surface area contributed by atoms with Gasteiger partial charge in [0, 0.05) is 56.5 Å². The molecule has 0 heterocycles. The Kier molecular flexibility index (Phi) is 17.5. The number of hydrogen-bond acceptors (Lipinski definition) is 3. The molecule has 0 unspecified atom stereocenters. The number of aliphatic imine (C=N–C) groups is 2. The SMILES string of the molecule is CC(C)NC(=NCCCOCCCN=C(N(C(C)C)C(C)C)N(C(C)C)C(C)C)[N+](C(C)C)(C(C)C)C(C)C. The first-order chi connectivity index (χ1) is 18.0. The van der Waals surface area contributed by atoms with Crippen LogP contribution in [0.5, 0.6) is 0 Å². The molecule has 0 saturated carbocycles. The molecule has 0 aliphatic heterocycles. The minimum Gasteiger partial charge on any atom is -0.381 e. The zero-order chi connectivity index (χ0) is 30.5. The number of rotatable bonds is 16. The summed E-state index contributed by atoms with van der Waals surface area (Å²) >= 11 is 0. The second kappa shape index (κ2) is 18.2. The average Bonchev–Trinajstić information content (AvgIpc) is 2.75. The van der Waals surface area contributed by atoms with Gasteiger partial charge in [-0.25, -0.2) is 4.99 Å². The zero-order valence-corrected chi connectivity index (χ0v) is 29.0. The van der Waals surface area contributed by atoms with E-state index in [0.29, 0.717) is 48.3 Å². The smallest absolute Gasteiger partial charge is 0.298 e. The Balaban J connectivity index is 5.23. The molecule has 1 N–H and O–H groups in total. The summed E-state index contributed by atoms with van der Waals surface area (Å²) in [5.41, 5.74) is 0. The van der Waals surface area contributed by atoms with Crippen molar-refractivity contribution in [3.63, 3.8) is 0 Å². The van der Waals surface area contributed by atoms with Crippen molar-refractivity contribution in [3.05, 3.63) is 0 Å². The molecule has 0 fully saturated rings. The highest BCUT2D eigenvalue weighted by Crippen LogP contribution is 2.25. The van der Waals surface area contributed by atoms with Gasteiger partial charge in [0.15, 0.2) is 5.96 Å². The summed E-state index contributed by atoms with van der Waals surface area (Å²) in [5, 5.41) is 3.70. The molecule has 0 aliphatic carbocycles. The van der Waals surface area contributed by atoms with Gasteiger partial charge in [-0.2, -0.15) is 0 Å². The molecule has 7 nitrogen and oxygen atoms in total. The van der Waals surface area contributed by atoms with E-state index >= 15 is 0 Å². The summed E-state index contributed by atoms with van der Waals surface area (Å²) in [6, 6.07) is 3.28. The number of quaternary nitrogens is 1. The van der Waals surface area contributed by atoms with E-state index in [9.17, 15) is 0 Å². The van der Waals surface area contributed by atoms with Gasteiger partial charge >= 0.3 is 0 Å². The second-order valence-electron chi connectivity index (χ2n) is 13.3. The summed E-state index contributed by atoms with van der Waals surface area (Å²) in [6.07, 6.45) is 1.85. The minimum atomic E-state index is 0.351. The van der Waals surface area contributed by atoms with Crippen LogP contribution in [0, 0.1) is 0 Å². The fraction of sp³-hybridized carbons (Fsp3) is 0.938. The maximum absolute atomic E-state index is 6.03. The highest BCUT2D eigenvalue weighted by atomic mass is 16.5. The monoisotopic (exact) mass is 554 g/mol. The number of guanidine groups is 2. The Labute approximate surface area is 244 Å². The van der Waals surface area contributed by atoms with Crippen molar-refractivity contribution in [1.82, 2.24) is 15.1 Å². The number of ether oxygens (including phenoxy) is 1. The first-order valence-electron chi connectivity index (χ1n) is 15.9. The van der Waals surface area contributed by atoms with Crippen LogP contribution < -0.4 is 5.32 Å². The quantitative estimate of drug-likeness (QED) is 0.0991. The summed E-state index contributed by atoms with van der Waals surface area (Å²) < 4.78 is 6.89. The first-order valence-corrected chi connectivity index (χ1v) is 15.9. The van der Waals surface area contributed by atoms with Crippen molar-refractivity contribution in [2.45, 2.75) is 172 Å². The van der Waals surface area contributed by atoms with Crippen LogP contribution >= 0.6 is 0 Å². The topological polar surface area (TPSA) is 52.5 Å². The van der Waals surface area contributed by atoms with Crippen molar-refractivity contribution in [2.24, 2.45) is 9.98 Å². The Morgan fingerprint density at radius 1 is 0.590 bits per heavy atom. The van der Waals surface area contributed by atoms with Crippen LogP contribution in [0.2, 0.25) is 0 Å². The summed E-state index contributed by atoms with van der Waals surface area (Å²) in [6.45, 7) is 39.4. The fourth-order valence-electron chi connectivity index (χ4n) is 6.27. The van der Waals surface area contributed by atoms with E-state index in [4.69, 9.17) is 14.7 Å². The molecule has 0 spiro atoms. The standard InChI is InChI=1S/C32H69N6O/c1-23(2)35-31(38(28(11)12,29(13)14)30(15)16)33-19-17-21-39-22-18-20-34-32(36(24(3)4)25(5)6)37(26(7)8)27(9)10/h23-30H,17-22H2,1-16H3,(H,33,35)/q+1. The molecule has 0 aromatic heterocycles. The van der Waals surface area contributed by atoms with Crippen LogP contribution in [-0.4, -0.2) is 101 Å². The predicted molar refractivity (Wildman–Crippen MR) is 173 cm³/mol. The van der Waals surface area contributed by atoms with E-state index in [1.807, 2.05) is 0 Å². The van der Waals surface area contributed by atoms with E-state index in [2.05, 4.69) is 126 Å². The highest BCUT2D eigenvalue weighted by Gasteiger charge is 2.44. The first kappa shape index (κ1) is 37.7. The lowest BCUT2D eigenvalue weighted by atomic mass is 10.1. The van der Waals surface area contributed by atoms with Gasteiger partial charge in [0.2, 0.25) is 0 Å². The van der Waals surface area contributed by atoms with Crippen LogP contribution in [0.4, 0.5) is 0 Å². The van der Waals surface area contributed by atoms with Gasteiger partial charge in [-0.3, -0.25) is 9.48 Å². The molecular formula is C32H69N6O+. The van der Waals surface area contributed by atoms with Gasteiger partial charge in [0.05, 0.1) is 18.1 Å². The average molecular weight is 554 g/mol. The Morgan fingerprint density at radius 2 is 0.949 bits per heavy atom. The molecule has 232 valence electrons. The molecule has 0 aromatic rings. The molecule has 0 amide bonds. The van der Waals surface area contributed by atoms with Gasteiger partial charge in [0.1, 0.15) is 0 Å². The Hall–Kier alpha value is -1.34. The van der Waals surface area contributed by atoms with Crippen molar-refractivity contribution in [1.29, 1.82) is 0 Å². The zero-order valence-electron chi connectivity index (χ0n) is 29.0. The number of hydrogen-bond donors (Lipinski definition) is 1. The maximum Gasteiger partial charge on any atom is 0.298 e. The predicted octanol–water partition coefficient (Wildman–Crippen LogP) is 6.77. The van der Waals surface area contributed by atoms with Crippen molar-refractivity contribution < 1.29 is 9.22 Å². The van der Waals surface area contributed by atoms with Crippen LogP contribution in [-0.2, 0) is 4.74 Å². The normalized spacial score (nSPS) is 13.3. The summed E-state index contributed by atoms with van der Waals surface area (Å²) in [4.78, 5) is 15.2. The van der Waals surface area contributed by atoms with Crippen molar-refractivity contribution in [2.75, 3.05) is 26.3 Å². The summed E-state index contributed by atoms with van der Waals surface area (Å²) in [5.74, 6) is 2.23. The lowest BCUT2D eigenvalue weighted by Crippen LogP contribution is -2.69. The van der Waals surface area contributed by atoms with Gasteiger partial charge in [-0.05, 0) is 124 Å². The lowest BCUT2D eigenvalue weighted by Gasteiger charge is -2.48.